The van der Waals surface area contributed by atoms with Gasteiger partial charge in [0, 0.05) is 12.6 Å². The van der Waals surface area contributed by atoms with Crippen molar-refractivity contribution < 1.29 is 19.1 Å². The van der Waals surface area contributed by atoms with Crippen molar-refractivity contribution in [1.29, 1.82) is 0 Å². The molecule has 1 unspecified atom stereocenters. The van der Waals surface area contributed by atoms with Gasteiger partial charge in [-0.3, -0.25) is 9.59 Å². The third kappa shape index (κ3) is 6.60. The van der Waals surface area contributed by atoms with Crippen LogP contribution in [-0.4, -0.2) is 42.6 Å². The Morgan fingerprint density at radius 2 is 1.79 bits per heavy atom. The molecule has 0 N–H and O–H groups in total. The first-order valence-electron chi connectivity index (χ1n) is 8.68. The molecule has 0 spiro atoms. The summed E-state index contributed by atoms with van der Waals surface area (Å²) in [5.41, 5.74) is 1.23. The van der Waals surface area contributed by atoms with Gasteiger partial charge in [0.2, 0.25) is 0 Å². The lowest BCUT2D eigenvalue weighted by atomic mass is 10.2. The van der Waals surface area contributed by atoms with Crippen molar-refractivity contribution in [2.75, 3.05) is 19.8 Å². The second-order valence-electron chi connectivity index (χ2n) is 5.69. The molecule has 1 rings (SSSR count). The van der Waals surface area contributed by atoms with Crippen LogP contribution >= 0.6 is 0 Å². The van der Waals surface area contributed by atoms with Gasteiger partial charge < -0.3 is 14.4 Å². The fraction of sp³-hybridized carbons (Fsp3) is 0.579. The molecular formula is C19H29NO4. The lowest BCUT2D eigenvalue weighted by molar-refractivity contribution is -0.144. The van der Waals surface area contributed by atoms with Gasteiger partial charge in [0.05, 0.1) is 13.0 Å². The number of carbonyl (C=O) groups excluding carboxylic acids is 2. The summed E-state index contributed by atoms with van der Waals surface area (Å²) >= 11 is 0. The van der Waals surface area contributed by atoms with E-state index in [2.05, 4.69) is 6.92 Å². The third-order valence-electron chi connectivity index (χ3n) is 4.00. The quantitative estimate of drug-likeness (QED) is 0.616. The Morgan fingerprint density at radius 1 is 1.12 bits per heavy atom. The highest BCUT2D eigenvalue weighted by atomic mass is 16.5. The van der Waals surface area contributed by atoms with E-state index in [-0.39, 0.29) is 30.9 Å². The molecule has 1 aromatic carbocycles. The van der Waals surface area contributed by atoms with E-state index >= 15 is 0 Å². The fourth-order valence-corrected chi connectivity index (χ4v) is 2.31. The van der Waals surface area contributed by atoms with Gasteiger partial charge in [-0.05, 0) is 44.4 Å². The molecule has 0 saturated heterocycles. The molecule has 0 aliphatic rings. The van der Waals surface area contributed by atoms with Gasteiger partial charge in [0.15, 0.2) is 6.61 Å². The highest BCUT2D eigenvalue weighted by Crippen LogP contribution is 2.13. The normalized spacial score (nSPS) is 11.7. The van der Waals surface area contributed by atoms with Crippen LogP contribution in [0.15, 0.2) is 24.3 Å². The number of benzene rings is 1. The summed E-state index contributed by atoms with van der Waals surface area (Å²) in [6.07, 6.45) is 1.99. The molecule has 0 fully saturated rings. The smallest absolute Gasteiger partial charge is 0.307 e. The maximum atomic E-state index is 12.5. The van der Waals surface area contributed by atoms with Gasteiger partial charge in [-0.15, -0.1) is 0 Å². The minimum atomic E-state index is -0.283. The topological polar surface area (TPSA) is 55.8 Å². The number of hydrogen-bond acceptors (Lipinski definition) is 4. The number of esters is 1. The van der Waals surface area contributed by atoms with E-state index in [0.717, 1.165) is 12.8 Å². The molecular weight excluding hydrogens is 306 g/mol. The van der Waals surface area contributed by atoms with Crippen LogP contribution in [0.3, 0.4) is 0 Å². The van der Waals surface area contributed by atoms with Crippen molar-refractivity contribution in [2.24, 2.45) is 0 Å². The molecule has 0 saturated carbocycles. The average molecular weight is 335 g/mol. The predicted molar refractivity (Wildman–Crippen MR) is 94.0 cm³/mol. The molecule has 0 heterocycles. The summed E-state index contributed by atoms with van der Waals surface area (Å²) in [6.45, 7) is 8.52. The summed E-state index contributed by atoms with van der Waals surface area (Å²) < 4.78 is 10.5. The number of ether oxygens (including phenoxy) is 2. The first kappa shape index (κ1) is 20.0. The average Bonchev–Trinajstić information content (AvgIpc) is 2.60. The van der Waals surface area contributed by atoms with Crippen molar-refractivity contribution in [1.82, 2.24) is 4.90 Å². The Labute approximate surface area is 144 Å². The molecule has 1 amide bonds. The van der Waals surface area contributed by atoms with Crippen LogP contribution in [0.25, 0.3) is 0 Å². The van der Waals surface area contributed by atoms with E-state index in [1.54, 1.807) is 11.8 Å². The minimum absolute atomic E-state index is 0.0291. The van der Waals surface area contributed by atoms with Crippen LogP contribution in [0.4, 0.5) is 0 Å². The van der Waals surface area contributed by atoms with Crippen molar-refractivity contribution in [3.05, 3.63) is 29.8 Å². The summed E-state index contributed by atoms with van der Waals surface area (Å²) in [5, 5.41) is 0. The molecule has 5 heteroatoms. The number of hydrogen-bond donors (Lipinski definition) is 0. The monoisotopic (exact) mass is 335 g/mol. The minimum Gasteiger partial charge on any atom is -0.484 e. The van der Waals surface area contributed by atoms with Gasteiger partial charge in [-0.1, -0.05) is 26.0 Å². The first-order chi connectivity index (χ1) is 11.5. The van der Waals surface area contributed by atoms with Crippen molar-refractivity contribution in [3.8, 4) is 5.75 Å². The molecule has 5 nitrogen and oxygen atoms in total. The molecule has 0 radical (unpaired) electrons. The molecule has 24 heavy (non-hydrogen) atoms. The Hall–Kier alpha value is -2.04. The molecule has 0 aliphatic heterocycles. The number of rotatable bonds is 10. The largest absolute Gasteiger partial charge is 0.484 e. The van der Waals surface area contributed by atoms with Crippen LogP contribution in [0.1, 0.15) is 46.1 Å². The number of aryl methyl sites for hydroxylation is 1. The zero-order chi connectivity index (χ0) is 17.9. The van der Waals surface area contributed by atoms with Crippen LogP contribution in [0.2, 0.25) is 0 Å². The Bertz CT molecular complexity index is 513. The number of amides is 1. The van der Waals surface area contributed by atoms with E-state index in [1.165, 1.54) is 5.56 Å². The SMILES string of the molecule is CCOC(=O)CCN(C(=O)COc1ccc(CC)cc1)C(C)CC. The third-order valence-corrected chi connectivity index (χ3v) is 4.00. The lowest BCUT2D eigenvalue weighted by Gasteiger charge is -2.28. The summed E-state index contributed by atoms with van der Waals surface area (Å²) in [6, 6.07) is 7.79. The van der Waals surface area contributed by atoms with Crippen LogP contribution < -0.4 is 4.74 Å². The second-order valence-corrected chi connectivity index (χ2v) is 5.69. The zero-order valence-corrected chi connectivity index (χ0v) is 15.2. The van der Waals surface area contributed by atoms with Crippen LogP contribution in [-0.2, 0) is 20.7 Å². The van der Waals surface area contributed by atoms with E-state index < -0.39 is 0 Å². The maximum absolute atomic E-state index is 12.5. The Balaban J connectivity index is 2.58. The molecule has 134 valence electrons. The van der Waals surface area contributed by atoms with Gasteiger partial charge in [0.25, 0.3) is 5.91 Å². The van der Waals surface area contributed by atoms with Crippen molar-refractivity contribution in [2.45, 2.75) is 53.0 Å². The summed E-state index contributed by atoms with van der Waals surface area (Å²) in [5.74, 6) is 0.276. The lowest BCUT2D eigenvalue weighted by Crippen LogP contribution is -2.42. The van der Waals surface area contributed by atoms with Gasteiger partial charge in [-0.25, -0.2) is 0 Å². The van der Waals surface area contributed by atoms with Gasteiger partial charge in [0.1, 0.15) is 5.75 Å². The predicted octanol–water partition coefficient (Wildman–Crippen LogP) is 3.21. The van der Waals surface area contributed by atoms with E-state index in [9.17, 15) is 9.59 Å². The van der Waals surface area contributed by atoms with Gasteiger partial charge >= 0.3 is 5.97 Å². The highest BCUT2D eigenvalue weighted by Gasteiger charge is 2.20. The van der Waals surface area contributed by atoms with Gasteiger partial charge in [-0.2, -0.15) is 0 Å². The molecule has 0 bridgehead atoms. The Morgan fingerprint density at radius 3 is 2.33 bits per heavy atom. The number of carbonyl (C=O) groups is 2. The Kier molecular flexibility index (Phi) is 8.90. The van der Waals surface area contributed by atoms with Crippen LogP contribution in [0, 0.1) is 0 Å². The molecule has 1 atom stereocenters. The highest BCUT2D eigenvalue weighted by molar-refractivity contribution is 5.79. The molecule has 0 aliphatic carbocycles. The van der Waals surface area contributed by atoms with Crippen LogP contribution in [0.5, 0.6) is 5.75 Å². The summed E-state index contributed by atoms with van der Waals surface area (Å²) in [7, 11) is 0. The molecule has 1 aromatic rings. The first-order valence-corrected chi connectivity index (χ1v) is 8.68. The van der Waals surface area contributed by atoms with Crippen molar-refractivity contribution in [3.63, 3.8) is 0 Å². The van der Waals surface area contributed by atoms with Crippen molar-refractivity contribution >= 4 is 11.9 Å². The fourth-order valence-electron chi connectivity index (χ4n) is 2.31. The van der Waals surface area contributed by atoms with E-state index in [0.29, 0.717) is 18.9 Å². The van der Waals surface area contributed by atoms with E-state index in [1.807, 2.05) is 38.1 Å². The second kappa shape index (κ2) is 10.7. The number of nitrogens with zero attached hydrogens (tertiary/aromatic N) is 1. The van der Waals surface area contributed by atoms with E-state index in [4.69, 9.17) is 9.47 Å². The molecule has 0 aromatic heterocycles. The standard InChI is InChI=1S/C19H29NO4/c1-5-15(4)20(13-12-19(22)23-7-3)18(21)14-24-17-10-8-16(6-2)9-11-17/h8-11,15H,5-7,12-14H2,1-4H3. The maximum Gasteiger partial charge on any atom is 0.307 e. The summed E-state index contributed by atoms with van der Waals surface area (Å²) in [4.78, 5) is 25.7. The zero-order valence-electron chi connectivity index (χ0n) is 15.2.